The fourth-order valence-corrected chi connectivity index (χ4v) is 1.25. The van der Waals surface area contributed by atoms with E-state index in [0.717, 1.165) is 0 Å². The molecule has 17 heavy (non-hydrogen) atoms. The molecular formula is C12H13ClN2O2. The lowest BCUT2D eigenvalue weighted by molar-refractivity contribution is -0.123. The molecule has 0 spiro atoms. The first-order valence-corrected chi connectivity index (χ1v) is 5.62. The van der Waals surface area contributed by atoms with Crippen LogP contribution in [-0.4, -0.2) is 19.1 Å². The maximum atomic E-state index is 11.3. The summed E-state index contributed by atoms with van der Waals surface area (Å²) in [5.41, 5.74) is 0. The number of carbonyl (C=O) groups excluding carboxylic acids is 1. The van der Waals surface area contributed by atoms with E-state index in [4.69, 9.17) is 21.6 Å². The van der Waals surface area contributed by atoms with Crippen molar-refractivity contribution in [2.75, 3.05) is 13.2 Å². The second-order valence-electron chi connectivity index (χ2n) is 3.35. The molecule has 4 nitrogen and oxygen atoms in total. The van der Waals surface area contributed by atoms with Gasteiger partial charge in [-0.05, 0) is 30.7 Å². The van der Waals surface area contributed by atoms with Crippen molar-refractivity contribution >= 4 is 17.5 Å². The van der Waals surface area contributed by atoms with Crippen molar-refractivity contribution in [3.63, 3.8) is 0 Å². The van der Waals surface area contributed by atoms with Crippen LogP contribution in [0.4, 0.5) is 0 Å². The predicted octanol–water partition coefficient (Wildman–Crippen LogP) is 2.14. The smallest absolute Gasteiger partial charge is 0.257 e. The lowest BCUT2D eigenvalue weighted by Crippen LogP contribution is -2.29. The van der Waals surface area contributed by atoms with Gasteiger partial charge in [0.15, 0.2) is 6.61 Å². The minimum atomic E-state index is -0.196. The zero-order valence-electron chi connectivity index (χ0n) is 9.28. The van der Waals surface area contributed by atoms with E-state index in [2.05, 4.69) is 5.32 Å². The number of benzene rings is 1. The van der Waals surface area contributed by atoms with Gasteiger partial charge < -0.3 is 10.1 Å². The molecule has 90 valence electrons. The highest BCUT2D eigenvalue weighted by molar-refractivity contribution is 6.30. The molecule has 0 saturated carbocycles. The van der Waals surface area contributed by atoms with Crippen molar-refractivity contribution in [1.82, 2.24) is 5.32 Å². The molecule has 0 fully saturated rings. The fraction of sp³-hybridized carbons (Fsp3) is 0.333. The zero-order chi connectivity index (χ0) is 12.5. The van der Waals surface area contributed by atoms with Crippen molar-refractivity contribution in [3.8, 4) is 11.8 Å². The van der Waals surface area contributed by atoms with Crippen LogP contribution < -0.4 is 10.1 Å². The molecule has 0 unspecified atom stereocenters. The quantitative estimate of drug-likeness (QED) is 0.789. The average molecular weight is 253 g/mol. The van der Waals surface area contributed by atoms with Gasteiger partial charge in [0.2, 0.25) is 0 Å². The molecule has 1 rings (SSSR count). The van der Waals surface area contributed by atoms with Crippen LogP contribution in [-0.2, 0) is 4.79 Å². The number of rotatable bonds is 6. The number of amides is 1. The minimum Gasteiger partial charge on any atom is -0.484 e. The van der Waals surface area contributed by atoms with Crippen molar-refractivity contribution in [1.29, 1.82) is 5.26 Å². The minimum absolute atomic E-state index is 0.0335. The summed E-state index contributed by atoms with van der Waals surface area (Å²) in [6.07, 6.45) is 1.10. The Bertz CT molecular complexity index is 398. The lowest BCUT2D eigenvalue weighted by Gasteiger charge is -2.06. The third-order valence-corrected chi connectivity index (χ3v) is 2.22. The molecule has 0 heterocycles. The van der Waals surface area contributed by atoms with E-state index in [9.17, 15) is 4.79 Å². The van der Waals surface area contributed by atoms with Crippen LogP contribution >= 0.6 is 11.6 Å². The Hall–Kier alpha value is -1.73. The van der Waals surface area contributed by atoms with Crippen molar-refractivity contribution in [2.45, 2.75) is 12.8 Å². The number of nitriles is 1. The monoisotopic (exact) mass is 252 g/mol. The number of nitrogens with zero attached hydrogens (tertiary/aromatic N) is 1. The predicted molar refractivity (Wildman–Crippen MR) is 64.8 cm³/mol. The van der Waals surface area contributed by atoms with Gasteiger partial charge in [0.1, 0.15) is 5.75 Å². The number of halogens is 1. The first-order chi connectivity index (χ1) is 8.22. The van der Waals surface area contributed by atoms with E-state index in [1.54, 1.807) is 24.3 Å². The SMILES string of the molecule is N#CCCCNC(=O)COc1ccc(Cl)cc1. The summed E-state index contributed by atoms with van der Waals surface area (Å²) >= 11 is 5.71. The van der Waals surface area contributed by atoms with Crippen molar-refractivity contribution < 1.29 is 9.53 Å². The fourth-order valence-electron chi connectivity index (χ4n) is 1.13. The Morgan fingerprint density at radius 3 is 2.76 bits per heavy atom. The molecule has 0 radical (unpaired) electrons. The summed E-state index contributed by atoms with van der Waals surface area (Å²) in [6.45, 7) is 0.463. The largest absolute Gasteiger partial charge is 0.484 e. The zero-order valence-corrected chi connectivity index (χ0v) is 10.0. The molecule has 0 aromatic heterocycles. The molecule has 0 atom stereocenters. The number of carbonyl (C=O) groups is 1. The first kappa shape index (κ1) is 13.3. The van der Waals surface area contributed by atoms with Crippen LogP contribution in [0.25, 0.3) is 0 Å². The van der Waals surface area contributed by atoms with Crippen LogP contribution in [0.2, 0.25) is 5.02 Å². The highest BCUT2D eigenvalue weighted by atomic mass is 35.5. The van der Waals surface area contributed by atoms with Gasteiger partial charge in [-0.15, -0.1) is 0 Å². The van der Waals surface area contributed by atoms with Gasteiger partial charge in [0.05, 0.1) is 6.07 Å². The molecule has 0 bridgehead atoms. The third kappa shape index (κ3) is 5.79. The van der Waals surface area contributed by atoms with Crippen LogP contribution in [0, 0.1) is 11.3 Å². The Balaban J connectivity index is 2.19. The van der Waals surface area contributed by atoms with E-state index >= 15 is 0 Å². The number of hydrogen-bond donors (Lipinski definition) is 1. The van der Waals surface area contributed by atoms with Crippen LogP contribution in [0.3, 0.4) is 0 Å². The normalized spacial score (nSPS) is 9.41. The third-order valence-electron chi connectivity index (χ3n) is 1.97. The van der Waals surface area contributed by atoms with Gasteiger partial charge in [-0.3, -0.25) is 4.79 Å². The standard InChI is InChI=1S/C12H13ClN2O2/c13-10-3-5-11(6-4-10)17-9-12(16)15-8-2-1-7-14/h3-6H,1-2,8-9H2,(H,15,16). The Labute approximate surface area is 105 Å². The summed E-state index contributed by atoms with van der Waals surface area (Å²) in [7, 11) is 0. The molecule has 0 aliphatic rings. The molecule has 1 amide bonds. The summed E-state index contributed by atoms with van der Waals surface area (Å²) in [5, 5.41) is 11.6. The molecule has 1 aromatic carbocycles. The summed E-state index contributed by atoms with van der Waals surface area (Å²) < 4.78 is 5.24. The molecular weight excluding hydrogens is 240 g/mol. The van der Waals surface area contributed by atoms with Crippen LogP contribution in [0.5, 0.6) is 5.75 Å². The second kappa shape index (κ2) is 7.53. The van der Waals surface area contributed by atoms with Crippen molar-refractivity contribution in [2.24, 2.45) is 0 Å². The number of hydrogen-bond acceptors (Lipinski definition) is 3. The molecule has 1 aromatic rings. The van der Waals surface area contributed by atoms with E-state index in [-0.39, 0.29) is 12.5 Å². The lowest BCUT2D eigenvalue weighted by atomic mass is 10.3. The maximum Gasteiger partial charge on any atom is 0.257 e. The molecule has 0 saturated heterocycles. The van der Waals surface area contributed by atoms with Gasteiger partial charge in [0, 0.05) is 18.0 Å². The molecule has 0 aliphatic heterocycles. The summed E-state index contributed by atoms with van der Waals surface area (Å²) in [5.74, 6) is 0.402. The number of nitrogens with one attached hydrogen (secondary N) is 1. The molecule has 0 aliphatic carbocycles. The Morgan fingerprint density at radius 2 is 2.12 bits per heavy atom. The summed E-state index contributed by atoms with van der Waals surface area (Å²) in [6, 6.07) is 8.80. The van der Waals surface area contributed by atoms with Gasteiger partial charge in [-0.1, -0.05) is 11.6 Å². The highest BCUT2D eigenvalue weighted by Gasteiger charge is 2.01. The van der Waals surface area contributed by atoms with Crippen LogP contribution in [0.15, 0.2) is 24.3 Å². The summed E-state index contributed by atoms with van der Waals surface area (Å²) in [4.78, 5) is 11.3. The first-order valence-electron chi connectivity index (χ1n) is 5.24. The Morgan fingerprint density at radius 1 is 1.41 bits per heavy atom. The van der Waals surface area contributed by atoms with E-state index in [0.29, 0.717) is 30.2 Å². The highest BCUT2D eigenvalue weighted by Crippen LogP contribution is 2.15. The topological polar surface area (TPSA) is 62.1 Å². The Kier molecular flexibility index (Phi) is 5.91. The number of ether oxygens (including phenoxy) is 1. The average Bonchev–Trinajstić information content (AvgIpc) is 2.34. The molecule has 1 N–H and O–H groups in total. The molecule has 5 heteroatoms. The number of unbranched alkanes of at least 4 members (excludes halogenated alkanes) is 1. The van der Waals surface area contributed by atoms with E-state index in [1.807, 2.05) is 6.07 Å². The van der Waals surface area contributed by atoms with Gasteiger partial charge in [0.25, 0.3) is 5.91 Å². The van der Waals surface area contributed by atoms with Crippen molar-refractivity contribution in [3.05, 3.63) is 29.3 Å². The van der Waals surface area contributed by atoms with E-state index < -0.39 is 0 Å². The van der Waals surface area contributed by atoms with E-state index in [1.165, 1.54) is 0 Å². The maximum absolute atomic E-state index is 11.3. The van der Waals surface area contributed by atoms with Gasteiger partial charge >= 0.3 is 0 Å². The second-order valence-corrected chi connectivity index (χ2v) is 3.79. The van der Waals surface area contributed by atoms with Gasteiger partial charge in [-0.25, -0.2) is 0 Å². The van der Waals surface area contributed by atoms with Gasteiger partial charge in [-0.2, -0.15) is 5.26 Å². The van der Waals surface area contributed by atoms with Crippen LogP contribution in [0.1, 0.15) is 12.8 Å².